The van der Waals surface area contributed by atoms with Crippen molar-refractivity contribution in [2.24, 2.45) is 5.73 Å². The van der Waals surface area contributed by atoms with Gasteiger partial charge in [0.2, 0.25) is 11.8 Å². The van der Waals surface area contributed by atoms with E-state index in [1.54, 1.807) is 11.9 Å². The normalized spacial score (nSPS) is 10.9. The number of nitrogens with zero attached hydrogens (tertiary/aromatic N) is 1. The van der Waals surface area contributed by atoms with Gasteiger partial charge in [0.1, 0.15) is 0 Å². The van der Waals surface area contributed by atoms with Crippen molar-refractivity contribution in [3.8, 4) is 0 Å². The summed E-state index contributed by atoms with van der Waals surface area (Å²) in [5.41, 5.74) is 7.58. The number of primary amides is 1. The van der Waals surface area contributed by atoms with Gasteiger partial charge in [0.15, 0.2) is 0 Å². The standard InChI is InChI=1S/C16H25N3O2/c1-12(2)14-6-4-13(5-7-14)8-9-18-16(21)11-19(3)10-15(17)20/h4-7,12H,8-11H2,1-3H3,(H2,17,20)(H,18,21). The average Bonchev–Trinajstić information content (AvgIpc) is 2.38. The lowest BCUT2D eigenvalue weighted by molar-refractivity contribution is -0.123. The zero-order valence-electron chi connectivity index (χ0n) is 13.1. The number of carbonyl (C=O) groups is 2. The van der Waals surface area contributed by atoms with E-state index in [4.69, 9.17) is 5.73 Å². The van der Waals surface area contributed by atoms with Crippen molar-refractivity contribution in [1.29, 1.82) is 0 Å². The Labute approximate surface area is 126 Å². The number of hydrogen-bond donors (Lipinski definition) is 2. The van der Waals surface area contributed by atoms with E-state index < -0.39 is 5.91 Å². The van der Waals surface area contributed by atoms with Crippen molar-refractivity contribution in [3.05, 3.63) is 35.4 Å². The van der Waals surface area contributed by atoms with E-state index in [1.165, 1.54) is 11.1 Å². The van der Waals surface area contributed by atoms with Crippen LogP contribution in [0.25, 0.3) is 0 Å². The molecule has 2 amide bonds. The number of rotatable bonds is 8. The molecule has 0 aliphatic carbocycles. The molecule has 0 aliphatic heterocycles. The molecule has 0 heterocycles. The number of hydrogen-bond acceptors (Lipinski definition) is 3. The van der Waals surface area contributed by atoms with Crippen LogP contribution in [0.5, 0.6) is 0 Å². The topological polar surface area (TPSA) is 75.4 Å². The Balaban J connectivity index is 2.29. The van der Waals surface area contributed by atoms with Gasteiger partial charge in [0.25, 0.3) is 0 Å². The Morgan fingerprint density at radius 1 is 1.19 bits per heavy atom. The first-order valence-corrected chi connectivity index (χ1v) is 7.21. The molecule has 5 heteroatoms. The van der Waals surface area contributed by atoms with Crippen molar-refractivity contribution in [1.82, 2.24) is 10.2 Å². The van der Waals surface area contributed by atoms with Crippen molar-refractivity contribution in [3.63, 3.8) is 0 Å². The highest BCUT2D eigenvalue weighted by molar-refractivity contribution is 5.80. The lowest BCUT2D eigenvalue weighted by Crippen LogP contribution is -2.39. The van der Waals surface area contributed by atoms with E-state index in [1.807, 2.05) is 0 Å². The zero-order chi connectivity index (χ0) is 15.8. The first-order chi connectivity index (χ1) is 9.88. The van der Waals surface area contributed by atoms with Gasteiger partial charge in [-0.2, -0.15) is 0 Å². The van der Waals surface area contributed by atoms with E-state index in [9.17, 15) is 9.59 Å². The molecule has 0 saturated carbocycles. The van der Waals surface area contributed by atoms with Crippen LogP contribution in [-0.2, 0) is 16.0 Å². The van der Waals surface area contributed by atoms with Crippen molar-refractivity contribution >= 4 is 11.8 Å². The summed E-state index contributed by atoms with van der Waals surface area (Å²) in [5.74, 6) is -0.00682. The second kappa shape index (κ2) is 8.42. The second-order valence-corrected chi connectivity index (χ2v) is 5.63. The summed E-state index contributed by atoms with van der Waals surface area (Å²) in [5, 5.41) is 2.84. The molecule has 0 aromatic heterocycles. The fourth-order valence-electron chi connectivity index (χ4n) is 2.04. The maximum Gasteiger partial charge on any atom is 0.234 e. The molecule has 0 saturated heterocycles. The van der Waals surface area contributed by atoms with Crippen LogP contribution in [0.3, 0.4) is 0 Å². The van der Waals surface area contributed by atoms with Crippen LogP contribution in [0.2, 0.25) is 0 Å². The monoisotopic (exact) mass is 291 g/mol. The predicted molar refractivity (Wildman–Crippen MR) is 83.9 cm³/mol. The Bertz CT molecular complexity index is 469. The fraction of sp³-hybridized carbons (Fsp3) is 0.500. The van der Waals surface area contributed by atoms with Crippen LogP contribution in [0.4, 0.5) is 0 Å². The lowest BCUT2D eigenvalue weighted by atomic mass is 10.0. The molecule has 0 atom stereocenters. The number of amides is 2. The van der Waals surface area contributed by atoms with E-state index in [-0.39, 0.29) is 19.0 Å². The summed E-state index contributed by atoms with van der Waals surface area (Å²) >= 11 is 0. The molecule has 0 unspecified atom stereocenters. The maximum absolute atomic E-state index is 11.7. The number of carbonyl (C=O) groups excluding carboxylic acids is 2. The largest absolute Gasteiger partial charge is 0.369 e. The summed E-state index contributed by atoms with van der Waals surface area (Å²) in [6.45, 7) is 5.18. The third-order valence-electron chi connectivity index (χ3n) is 3.22. The minimum Gasteiger partial charge on any atom is -0.369 e. The third kappa shape index (κ3) is 6.90. The minimum absolute atomic E-state index is 0.0874. The highest BCUT2D eigenvalue weighted by atomic mass is 16.2. The van der Waals surface area contributed by atoms with Crippen LogP contribution >= 0.6 is 0 Å². The molecular formula is C16H25N3O2. The predicted octanol–water partition coefficient (Wildman–Crippen LogP) is 0.886. The smallest absolute Gasteiger partial charge is 0.234 e. The van der Waals surface area contributed by atoms with Gasteiger partial charge in [0, 0.05) is 6.54 Å². The van der Waals surface area contributed by atoms with Crippen LogP contribution in [0.15, 0.2) is 24.3 Å². The molecule has 116 valence electrons. The summed E-state index contributed by atoms with van der Waals surface area (Å²) in [6, 6.07) is 8.45. The average molecular weight is 291 g/mol. The van der Waals surface area contributed by atoms with Gasteiger partial charge in [-0.1, -0.05) is 38.1 Å². The first-order valence-electron chi connectivity index (χ1n) is 7.21. The molecule has 0 aliphatic rings. The number of benzene rings is 1. The molecule has 0 fully saturated rings. The van der Waals surface area contributed by atoms with Gasteiger partial charge in [-0.05, 0) is 30.5 Å². The second-order valence-electron chi connectivity index (χ2n) is 5.63. The van der Waals surface area contributed by atoms with Crippen molar-refractivity contribution in [2.45, 2.75) is 26.2 Å². The van der Waals surface area contributed by atoms with Gasteiger partial charge in [0.05, 0.1) is 13.1 Å². The quantitative estimate of drug-likeness (QED) is 0.747. The van der Waals surface area contributed by atoms with E-state index in [0.717, 1.165) is 6.42 Å². The molecule has 1 aromatic rings. The molecular weight excluding hydrogens is 266 g/mol. The minimum atomic E-state index is -0.435. The Hall–Kier alpha value is -1.88. The molecule has 0 radical (unpaired) electrons. The Kier molecular flexibility index (Phi) is 6.88. The number of nitrogens with two attached hydrogens (primary N) is 1. The molecule has 0 spiro atoms. The van der Waals surface area contributed by atoms with Crippen LogP contribution in [-0.4, -0.2) is 43.4 Å². The Morgan fingerprint density at radius 2 is 1.81 bits per heavy atom. The lowest BCUT2D eigenvalue weighted by Gasteiger charge is -2.14. The SMILES string of the molecule is CC(C)c1ccc(CCNC(=O)CN(C)CC(N)=O)cc1. The van der Waals surface area contributed by atoms with E-state index in [0.29, 0.717) is 12.5 Å². The van der Waals surface area contributed by atoms with E-state index in [2.05, 4.69) is 43.4 Å². The third-order valence-corrected chi connectivity index (χ3v) is 3.22. The molecule has 1 rings (SSSR count). The van der Waals surface area contributed by atoms with Crippen LogP contribution < -0.4 is 11.1 Å². The number of likely N-dealkylation sites (N-methyl/N-ethyl adjacent to an activating group) is 1. The number of nitrogens with one attached hydrogen (secondary N) is 1. The van der Waals surface area contributed by atoms with Crippen molar-refractivity contribution in [2.75, 3.05) is 26.7 Å². The Morgan fingerprint density at radius 3 is 2.33 bits per heavy atom. The van der Waals surface area contributed by atoms with Gasteiger partial charge < -0.3 is 11.1 Å². The molecule has 21 heavy (non-hydrogen) atoms. The summed E-state index contributed by atoms with van der Waals surface area (Å²) in [7, 11) is 1.69. The van der Waals surface area contributed by atoms with Crippen LogP contribution in [0, 0.1) is 0 Å². The van der Waals surface area contributed by atoms with Gasteiger partial charge in [-0.25, -0.2) is 0 Å². The fourth-order valence-corrected chi connectivity index (χ4v) is 2.04. The highest BCUT2D eigenvalue weighted by Gasteiger charge is 2.08. The first kappa shape index (κ1) is 17.2. The zero-order valence-corrected chi connectivity index (χ0v) is 13.1. The summed E-state index contributed by atoms with van der Waals surface area (Å²) in [4.78, 5) is 24.0. The molecule has 3 N–H and O–H groups in total. The van der Waals surface area contributed by atoms with Crippen molar-refractivity contribution < 1.29 is 9.59 Å². The van der Waals surface area contributed by atoms with E-state index >= 15 is 0 Å². The maximum atomic E-state index is 11.7. The van der Waals surface area contributed by atoms with Gasteiger partial charge in [-0.15, -0.1) is 0 Å². The van der Waals surface area contributed by atoms with Gasteiger partial charge >= 0.3 is 0 Å². The summed E-state index contributed by atoms with van der Waals surface area (Å²) < 4.78 is 0. The summed E-state index contributed by atoms with van der Waals surface area (Å²) in [6.07, 6.45) is 0.795. The van der Waals surface area contributed by atoms with Gasteiger partial charge in [-0.3, -0.25) is 14.5 Å². The van der Waals surface area contributed by atoms with Crippen LogP contribution in [0.1, 0.15) is 30.9 Å². The highest BCUT2D eigenvalue weighted by Crippen LogP contribution is 2.14. The molecule has 1 aromatic carbocycles. The molecule has 5 nitrogen and oxygen atoms in total. The molecule has 0 bridgehead atoms.